The van der Waals surface area contributed by atoms with E-state index in [0.29, 0.717) is 17.5 Å². The van der Waals surface area contributed by atoms with Crippen LogP contribution < -0.4 is 0 Å². The zero-order valence-corrected chi connectivity index (χ0v) is 12.7. The Kier molecular flexibility index (Phi) is 3.81. The van der Waals surface area contributed by atoms with Gasteiger partial charge in [-0.25, -0.2) is 4.98 Å². The smallest absolute Gasteiger partial charge is 0.267 e. The molecule has 1 aliphatic rings. The standard InChI is InChI=1S/C17H17N5O/c1-2-4-13(5-3-1)11-22-9-6-14(12-22)16-20-21-17(23-16)15-10-18-7-8-19-15/h1-5,7-8,10,14H,6,9,11-12H2/t14-/m1/s1. The summed E-state index contributed by atoms with van der Waals surface area (Å²) >= 11 is 0. The summed E-state index contributed by atoms with van der Waals surface area (Å²) in [5.41, 5.74) is 1.95. The molecule has 0 aliphatic carbocycles. The zero-order chi connectivity index (χ0) is 15.5. The fourth-order valence-corrected chi connectivity index (χ4v) is 2.93. The molecule has 1 fully saturated rings. The Balaban J connectivity index is 1.43. The van der Waals surface area contributed by atoms with E-state index in [9.17, 15) is 0 Å². The van der Waals surface area contributed by atoms with Gasteiger partial charge in [-0.1, -0.05) is 30.3 Å². The van der Waals surface area contributed by atoms with E-state index in [1.54, 1.807) is 18.6 Å². The Hall–Kier alpha value is -2.60. The summed E-state index contributed by atoms with van der Waals surface area (Å²) in [6, 6.07) is 10.5. The molecule has 0 radical (unpaired) electrons. The molecular weight excluding hydrogens is 290 g/mol. The molecule has 3 heterocycles. The molecule has 0 bridgehead atoms. The molecule has 0 unspecified atom stereocenters. The van der Waals surface area contributed by atoms with Crippen LogP contribution in [-0.4, -0.2) is 38.2 Å². The van der Waals surface area contributed by atoms with Gasteiger partial charge >= 0.3 is 0 Å². The molecular formula is C17H17N5O. The maximum atomic E-state index is 5.80. The maximum Gasteiger partial charge on any atom is 0.267 e. The zero-order valence-electron chi connectivity index (χ0n) is 12.7. The molecule has 6 nitrogen and oxygen atoms in total. The van der Waals surface area contributed by atoms with E-state index in [1.807, 2.05) is 6.07 Å². The van der Waals surface area contributed by atoms with Crippen molar-refractivity contribution in [2.75, 3.05) is 13.1 Å². The third-order valence-corrected chi connectivity index (χ3v) is 4.09. The van der Waals surface area contributed by atoms with E-state index in [1.165, 1.54) is 5.56 Å². The van der Waals surface area contributed by atoms with Crippen LogP contribution in [0, 0.1) is 0 Å². The Morgan fingerprint density at radius 1 is 1.13 bits per heavy atom. The van der Waals surface area contributed by atoms with E-state index in [0.717, 1.165) is 26.1 Å². The Morgan fingerprint density at radius 3 is 2.87 bits per heavy atom. The highest BCUT2D eigenvalue weighted by Gasteiger charge is 2.28. The molecule has 3 aromatic rings. The lowest BCUT2D eigenvalue weighted by Gasteiger charge is -2.14. The van der Waals surface area contributed by atoms with Crippen LogP contribution in [0.25, 0.3) is 11.6 Å². The topological polar surface area (TPSA) is 67.9 Å². The SMILES string of the molecule is c1ccc(CN2CC[C@@H](c3nnc(-c4cnccn4)o3)C2)cc1. The van der Waals surface area contributed by atoms with Gasteiger partial charge in [-0.2, -0.15) is 0 Å². The summed E-state index contributed by atoms with van der Waals surface area (Å²) in [5.74, 6) is 1.42. The number of benzene rings is 1. The van der Waals surface area contributed by atoms with Gasteiger partial charge < -0.3 is 4.42 Å². The molecule has 6 heteroatoms. The minimum Gasteiger partial charge on any atom is -0.419 e. The normalized spacial score (nSPS) is 18.3. The Morgan fingerprint density at radius 2 is 2.04 bits per heavy atom. The molecule has 1 atom stereocenters. The van der Waals surface area contributed by atoms with Gasteiger partial charge in [-0.15, -0.1) is 10.2 Å². The van der Waals surface area contributed by atoms with Crippen LogP contribution in [0.15, 0.2) is 53.3 Å². The van der Waals surface area contributed by atoms with Crippen LogP contribution in [0.1, 0.15) is 23.8 Å². The van der Waals surface area contributed by atoms with Crippen molar-refractivity contribution in [3.05, 3.63) is 60.4 Å². The molecule has 0 amide bonds. The second-order valence-electron chi connectivity index (χ2n) is 5.74. The molecule has 1 aliphatic heterocycles. The first-order valence-electron chi connectivity index (χ1n) is 7.74. The Labute approximate surface area is 134 Å². The number of rotatable bonds is 4. The van der Waals surface area contributed by atoms with Crippen LogP contribution in [0.4, 0.5) is 0 Å². The summed E-state index contributed by atoms with van der Waals surface area (Å²) in [5, 5.41) is 8.31. The van der Waals surface area contributed by atoms with Gasteiger partial charge in [-0.3, -0.25) is 9.88 Å². The van der Waals surface area contributed by atoms with Gasteiger partial charge in [0.1, 0.15) is 5.69 Å². The van der Waals surface area contributed by atoms with Gasteiger partial charge in [-0.05, 0) is 18.5 Å². The van der Waals surface area contributed by atoms with E-state index in [-0.39, 0.29) is 5.92 Å². The first-order valence-corrected chi connectivity index (χ1v) is 7.74. The summed E-state index contributed by atoms with van der Waals surface area (Å²) < 4.78 is 5.80. The maximum absolute atomic E-state index is 5.80. The monoisotopic (exact) mass is 307 g/mol. The number of aromatic nitrogens is 4. The van der Waals surface area contributed by atoms with Gasteiger partial charge in [0.15, 0.2) is 0 Å². The van der Waals surface area contributed by atoms with Gasteiger partial charge in [0.2, 0.25) is 5.89 Å². The molecule has 0 saturated carbocycles. The fraction of sp³-hybridized carbons (Fsp3) is 0.294. The van der Waals surface area contributed by atoms with Crippen molar-refractivity contribution >= 4 is 0 Å². The minimum atomic E-state index is 0.289. The lowest BCUT2D eigenvalue weighted by Crippen LogP contribution is -2.19. The molecule has 0 spiro atoms. The van der Waals surface area contributed by atoms with Crippen molar-refractivity contribution in [2.24, 2.45) is 0 Å². The summed E-state index contributed by atoms with van der Waals surface area (Å²) in [6.45, 7) is 2.95. The van der Waals surface area contributed by atoms with E-state index in [2.05, 4.69) is 49.3 Å². The lowest BCUT2D eigenvalue weighted by atomic mass is 10.1. The molecule has 4 rings (SSSR count). The van der Waals surface area contributed by atoms with Crippen LogP contribution in [0.2, 0.25) is 0 Å². The highest BCUT2D eigenvalue weighted by Crippen LogP contribution is 2.28. The van der Waals surface area contributed by atoms with Crippen molar-refractivity contribution in [1.82, 2.24) is 25.1 Å². The predicted molar refractivity (Wildman–Crippen MR) is 84.4 cm³/mol. The molecule has 116 valence electrons. The molecule has 2 aromatic heterocycles. The van der Waals surface area contributed by atoms with Crippen LogP contribution in [-0.2, 0) is 6.54 Å². The van der Waals surface area contributed by atoms with Crippen molar-refractivity contribution in [1.29, 1.82) is 0 Å². The van der Waals surface area contributed by atoms with Crippen LogP contribution in [0.5, 0.6) is 0 Å². The lowest BCUT2D eigenvalue weighted by molar-refractivity contribution is 0.320. The van der Waals surface area contributed by atoms with E-state index >= 15 is 0 Å². The quantitative estimate of drug-likeness (QED) is 0.738. The molecule has 1 aromatic carbocycles. The highest BCUT2D eigenvalue weighted by molar-refractivity contribution is 5.43. The summed E-state index contributed by atoms with van der Waals surface area (Å²) in [6.07, 6.45) is 5.91. The summed E-state index contributed by atoms with van der Waals surface area (Å²) in [4.78, 5) is 10.6. The number of hydrogen-bond donors (Lipinski definition) is 0. The minimum absolute atomic E-state index is 0.289. The molecule has 23 heavy (non-hydrogen) atoms. The molecule has 0 N–H and O–H groups in total. The third kappa shape index (κ3) is 3.12. The van der Waals surface area contributed by atoms with Crippen molar-refractivity contribution in [2.45, 2.75) is 18.9 Å². The van der Waals surface area contributed by atoms with Crippen molar-refractivity contribution in [3.63, 3.8) is 0 Å². The van der Waals surface area contributed by atoms with Crippen molar-refractivity contribution < 1.29 is 4.42 Å². The van der Waals surface area contributed by atoms with Gasteiger partial charge in [0.05, 0.1) is 12.1 Å². The number of likely N-dealkylation sites (tertiary alicyclic amines) is 1. The highest BCUT2D eigenvalue weighted by atomic mass is 16.4. The van der Waals surface area contributed by atoms with E-state index < -0.39 is 0 Å². The average molecular weight is 307 g/mol. The van der Waals surface area contributed by atoms with Gasteiger partial charge in [0, 0.05) is 25.5 Å². The number of nitrogens with zero attached hydrogens (tertiary/aromatic N) is 5. The van der Waals surface area contributed by atoms with Crippen LogP contribution >= 0.6 is 0 Å². The largest absolute Gasteiger partial charge is 0.419 e. The second-order valence-corrected chi connectivity index (χ2v) is 5.74. The second kappa shape index (κ2) is 6.26. The summed E-state index contributed by atoms with van der Waals surface area (Å²) in [7, 11) is 0. The van der Waals surface area contributed by atoms with Crippen molar-refractivity contribution in [3.8, 4) is 11.6 Å². The Bertz CT molecular complexity index is 759. The van der Waals surface area contributed by atoms with Gasteiger partial charge in [0.25, 0.3) is 5.89 Å². The third-order valence-electron chi connectivity index (χ3n) is 4.09. The predicted octanol–water partition coefficient (Wildman–Crippen LogP) is 2.52. The van der Waals surface area contributed by atoms with E-state index in [4.69, 9.17) is 4.42 Å². The average Bonchev–Trinajstić information content (AvgIpc) is 3.26. The number of hydrogen-bond acceptors (Lipinski definition) is 6. The first-order chi connectivity index (χ1) is 11.4. The van der Waals surface area contributed by atoms with Crippen LogP contribution in [0.3, 0.4) is 0 Å². The first kappa shape index (κ1) is 14.0. The fourth-order valence-electron chi connectivity index (χ4n) is 2.93. The molecule has 1 saturated heterocycles.